The molecule has 8 nitrogen and oxygen atoms in total. The van der Waals surface area contributed by atoms with Gasteiger partial charge in [0, 0.05) is 28.9 Å². The van der Waals surface area contributed by atoms with Crippen molar-refractivity contribution >= 4 is 38.6 Å². The Morgan fingerprint density at radius 2 is 1.68 bits per heavy atom. The number of methoxy groups -OCH3 is 2. The Labute approximate surface area is 240 Å². The van der Waals surface area contributed by atoms with E-state index in [9.17, 15) is 4.79 Å². The fourth-order valence-electron chi connectivity index (χ4n) is 5.04. The molecule has 2 aromatic heterocycles. The van der Waals surface area contributed by atoms with Crippen molar-refractivity contribution in [2.45, 2.75) is 19.0 Å². The molecule has 0 aliphatic carbocycles. The highest BCUT2D eigenvalue weighted by molar-refractivity contribution is 9.10. The lowest BCUT2D eigenvalue weighted by Gasteiger charge is -2.23. The molecule has 9 heteroatoms. The van der Waals surface area contributed by atoms with E-state index in [1.807, 2.05) is 83.4 Å². The van der Waals surface area contributed by atoms with Crippen LogP contribution in [0.3, 0.4) is 0 Å². The molecule has 0 bridgehead atoms. The van der Waals surface area contributed by atoms with Gasteiger partial charge in [-0.2, -0.15) is 5.10 Å². The van der Waals surface area contributed by atoms with Gasteiger partial charge in [-0.25, -0.2) is 9.99 Å². The number of hydrogen-bond donors (Lipinski definition) is 0. The maximum Gasteiger partial charge on any atom is 0.263 e. The van der Waals surface area contributed by atoms with Gasteiger partial charge in [0.05, 0.1) is 37.0 Å². The lowest BCUT2D eigenvalue weighted by molar-refractivity contribution is -0.133. The predicted octanol–water partition coefficient (Wildman–Crippen LogP) is 6.26. The summed E-state index contributed by atoms with van der Waals surface area (Å²) in [6, 6.07) is 25.0. The molecular formula is C31H26BrN5O3. The Morgan fingerprint density at radius 3 is 2.42 bits per heavy atom. The lowest BCUT2D eigenvalue weighted by atomic mass is 9.98. The summed E-state index contributed by atoms with van der Waals surface area (Å²) >= 11 is 3.50. The number of aromatic nitrogens is 3. The Kier molecular flexibility index (Phi) is 7.04. The highest BCUT2D eigenvalue weighted by Crippen LogP contribution is 2.38. The highest BCUT2D eigenvalue weighted by atomic mass is 79.9. The molecule has 0 radical (unpaired) electrons. The summed E-state index contributed by atoms with van der Waals surface area (Å²) in [6.45, 7) is 0.0685. The molecule has 1 unspecified atom stereocenters. The molecule has 3 heterocycles. The zero-order valence-electron chi connectivity index (χ0n) is 22.0. The minimum absolute atomic E-state index is 0.0685. The van der Waals surface area contributed by atoms with E-state index in [1.165, 1.54) is 0 Å². The van der Waals surface area contributed by atoms with Crippen molar-refractivity contribution < 1.29 is 14.3 Å². The van der Waals surface area contributed by atoms with Crippen LogP contribution in [0.25, 0.3) is 22.4 Å². The number of fused-ring (bicyclic) bond motifs is 1. The van der Waals surface area contributed by atoms with Crippen LogP contribution >= 0.6 is 15.9 Å². The maximum atomic E-state index is 14.1. The van der Waals surface area contributed by atoms with E-state index in [4.69, 9.17) is 19.6 Å². The first-order valence-electron chi connectivity index (χ1n) is 12.8. The van der Waals surface area contributed by atoms with E-state index in [-0.39, 0.29) is 18.5 Å². The van der Waals surface area contributed by atoms with Crippen LogP contribution < -0.4 is 9.47 Å². The van der Waals surface area contributed by atoms with E-state index in [1.54, 1.807) is 31.6 Å². The number of halogens is 1. The SMILES string of the molecule is COc1ccc(C2CC(c3ccc(Br)cc3)=NN2C(=O)Cn2c(-c3ccncc3)nc3ccccc32)cc1OC. The van der Waals surface area contributed by atoms with Gasteiger partial charge in [0.15, 0.2) is 11.5 Å². The molecule has 6 rings (SSSR count). The number of carbonyl (C=O) groups is 1. The molecule has 1 atom stereocenters. The van der Waals surface area contributed by atoms with Crippen molar-refractivity contribution in [2.24, 2.45) is 5.10 Å². The normalized spacial score (nSPS) is 14.8. The average Bonchev–Trinajstić information content (AvgIpc) is 3.60. The molecule has 0 saturated carbocycles. The zero-order chi connectivity index (χ0) is 27.6. The number of hydrogen-bond acceptors (Lipinski definition) is 6. The Hall–Kier alpha value is -4.50. The second-order valence-electron chi connectivity index (χ2n) is 9.37. The van der Waals surface area contributed by atoms with Crippen LogP contribution in [0.2, 0.25) is 0 Å². The molecule has 1 aliphatic rings. The molecule has 40 heavy (non-hydrogen) atoms. The van der Waals surface area contributed by atoms with Crippen LogP contribution in [0.5, 0.6) is 11.5 Å². The van der Waals surface area contributed by atoms with Gasteiger partial charge >= 0.3 is 0 Å². The monoisotopic (exact) mass is 595 g/mol. The second kappa shape index (κ2) is 10.9. The molecular weight excluding hydrogens is 570 g/mol. The van der Waals surface area contributed by atoms with Crippen molar-refractivity contribution in [1.29, 1.82) is 0 Å². The van der Waals surface area contributed by atoms with Crippen LogP contribution in [-0.2, 0) is 11.3 Å². The molecule has 0 N–H and O–H groups in total. The summed E-state index contributed by atoms with van der Waals surface area (Å²) in [7, 11) is 3.21. The van der Waals surface area contributed by atoms with Gasteiger partial charge in [0.1, 0.15) is 12.4 Å². The topological polar surface area (TPSA) is 81.8 Å². The first kappa shape index (κ1) is 25.8. The van der Waals surface area contributed by atoms with Gasteiger partial charge in [-0.05, 0) is 59.7 Å². The van der Waals surface area contributed by atoms with Gasteiger partial charge in [0.25, 0.3) is 5.91 Å². The van der Waals surface area contributed by atoms with Gasteiger partial charge in [-0.15, -0.1) is 0 Å². The Balaban J connectivity index is 1.41. The Morgan fingerprint density at radius 1 is 0.925 bits per heavy atom. The van der Waals surface area contributed by atoms with Crippen LogP contribution in [0.15, 0.2) is 101 Å². The molecule has 1 aliphatic heterocycles. The molecule has 0 saturated heterocycles. The minimum Gasteiger partial charge on any atom is -0.493 e. The zero-order valence-corrected chi connectivity index (χ0v) is 23.6. The number of benzene rings is 3. The number of imidazole rings is 1. The van der Waals surface area contributed by atoms with Crippen LogP contribution in [0, 0.1) is 0 Å². The number of pyridine rings is 1. The van der Waals surface area contributed by atoms with Gasteiger partial charge in [-0.3, -0.25) is 9.78 Å². The van der Waals surface area contributed by atoms with Crippen molar-refractivity contribution in [1.82, 2.24) is 19.5 Å². The molecule has 0 fully saturated rings. The number of ether oxygens (including phenoxy) is 2. The summed E-state index contributed by atoms with van der Waals surface area (Å²) < 4.78 is 13.9. The van der Waals surface area contributed by atoms with Gasteiger partial charge in [0.2, 0.25) is 0 Å². The van der Waals surface area contributed by atoms with E-state index < -0.39 is 0 Å². The predicted molar refractivity (Wildman–Crippen MR) is 157 cm³/mol. The van der Waals surface area contributed by atoms with Crippen molar-refractivity contribution in [3.63, 3.8) is 0 Å². The van der Waals surface area contributed by atoms with E-state index in [0.717, 1.165) is 37.9 Å². The Bertz CT molecular complexity index is 1720. The van der Waals surface area contributed by atoms with E-state index in [2.05, 4.69) is 20.9 Å². The third kappa shape index (κ3) is 4.84. The highest BCUT2D eigenvalue weighted by Gasteiger charge is 2.34. The minimum atomic E-state index is -0.315. The van der Waals surface area contributed by atoms with Crippen LogP contribution in [0.1, 0.15) is 23.6 Å². The summed E-state index contributed by atoms with van der Waals surface area (Å²) in [5, 5.41) is 6.48. The first-order valence-corrected chi connectivity index (χ1v) is 13.6. The third-order valence-corrected chi connectivity index (χ3v) is 7.55. The van der Waals surface area contributed by atoms with Crippen molar-refractivity contribution in [3.05, 3.63) is 107 Å². The second-order valence-corrected chi connectivity index (χ2v) is 10.3. The van der Waals surface area contributed by atoms with Crippen LogP contribution in [0.4, 0.5) is 0 Å². The van der Waals surface area contributed by atoms with Crippen molar-refractivity contribution in [3.8, 4) is 22.9 Å². The number of amides is 1. The maximum absolute atomic E-state index is 14.1. The first-order chi connectivity index (χ1) is 19.6. The fourth-order valence-corrected chi connectivity index (χ4v) is 5.31. The summed E-state index contributed by atoms with van der Waals surface area (Å²) in [4.78, 5) is 23.1. The van der Waals surface area contributed by atoms with Gasteiger partial charge < -0.3 is 14.0 Å². The number of nitrogens with zero attached hydrogens (tertiary/aromatic N) is 5. The molecule has 5 aromatic rings. The molecule has 1 amide bonds. The number of para-hydroxylation sites is 2. The standard InChI is InChI=1S/C31H26BrN5O3/c1-39-28-12-9-22(17-29(28)40-2)27-18-25(20-7-10-23(32)11-8-20)35-37(27)30(38)19-36-26-6-4-3-5-24(26)34-31(36)21-13-15-33-16-14-21/h3-17,27H,18-19H2,1-2H3. The lowest BCUT2D eigenvalue weighted by Crippen LogP contribution is -2.30. The van der Waals surface area contributed by atoms with E-state index >= 15 is 0 Å². The van der Waals surface area contributed by atoms with Crippen LogP contribution in [-0.4, -0.2) is 45.4 Å². The molecule has 0 spiro atoms. The third-order valence-electron chi connectivity index (χ3n) is 7.02. The number of hydrazone groups is 1. The number of carbonyl (C=O) groups excluding carboxylic acids is 1. The molecule has 200 valence electrons. The molecule has 3 aromatic carbocycles. The summed E-state index contributed by atoms with van der Waals surface area (Å²) in [5.74, 6) is 1.79. The largest absolute Gasteiger partial charge is 0.493 e. The average molecular weight is 596 g/mol. The fraction of sp³-hybridized carbons (Fsp3) is 0.161. The van der Waals surface area contributed by atoms with Crippen molar-refractivity contribution in [2.75, 3.05) is 14.2 Å². The summed E-state index contributed by atoms with van der Waals surface area (Å²) in [6.07, 6.45) is 4.01. The smallest absolute Gasteiger partial charge is 0.263 e. The van der Waals surface area contributed by atoms with Gasteiger partial charge in [-0.1, -0.05) is 46.3 Å². The summed E-state index contributed by atoms with van der Waals surface area (Å²) in [5.41, 5.74) is 5.29. The van der Waals surface area contributed by atoms with E-state index in [0.29, 0.717) is 23.7 Å². The quantitative estimate of drug-likeness (QED) is 0.222. The number of rotatable bonds is 7.